The Morgan fingerprint density at radius 3 is 2.52 bits per heavy atom. The van der Waals surface area contributed by atoms with Crippen LogP contribution >= 0.6 is 24.1 Å². The second-order valence-corrected chi connectivity index (χ2v) is 8.15. The first kappa shape index (κ1) is 17.0. The Bertz CT molecular complexity index is 959. The van der Waals surface area contributed by atoms with Crippen molar-refractivity contribution >= 4 is 35.7 Å². The van der Waals surface area contributed by atoms with Crippen LogP contribution in [0.15, 0.2) is 34.6 Å². The minimum absolute atomic E-state index is 0.0438. The van der Waals surface area contributed by atoms with E-state index in [1.165, 1.54) is 50.9 Å². The molecular formula is C18H17FN6S2. The second-order valence-electron chi connectivity index (χ2n) is 6.68. The number of aryl methyl sites for hydroxylation is 2. The highest BCUT2D eigenvalue weighted by molar-refractivity contribution is 7.99. The van der Waals surface area contributed by atoms with Crippen molar-refractivity contribution in [3.63, 3.8) is 0 Å². The van der Waals surface area contributed by atoms with Crippen LogP contribution in [0.2, 0.25) is 0 Å². The molecule has 5 rings (SSSR count). The van der Waals surface area contributed by atoms with Gasteiger partial charge < -0.3 is 5.32 Å². The lowest BCUT2D eigenvalue weighted by atomic mass is 9.99. The SMILES string of the molecule is FSn1nc(Sc2cccnn2)nc1Nc1c2c(cc3c1CCC3)CCC2. The number of hydrogen-bond acceptors (Lipinski definition) is 7. The van der Waals surface area contributed by atoms with Crippen LogP contribution < -0.4 is 5.32 Å². The molecule has 6 nitrogen and oxygen atoms in total. The number of halogens is 1. The van der Waals surface area contributed by atoms with E-state index >= 15 is 0 Å². The van der Waals surface area contributed by atoms with Crippen LogP contribution in [-0.2, 0) is 25.7 Å². The molecule has 0 radical (unpaired) electrons. The lowest BCUT2D eigenvalue weighted by Gasteiger charge is -2.16. The first-order chi connectivity index (χ1) is 13.3. The third-order valence-corrected chi connectivity index (χ3v) is 6.25. The van der Waals surface area contributed by atoms with E-state index < -0.39 is 0 Å². The summed E-state index contributed by atoms with van der Waals surface area (Å²) < 4.78 is 14.7. The number of rotatable bonds is 5. The fourth-order valence-electron chi connectivity index (χ4n) is 3.96. The summed E-state index contributed by atoms with van der Waals surface area (Å²) in [6, 6.07) is 6.00. The van der Waals surface area contributed by atoms with Crippen LogP contribution in [0.25, 0.3) is 0 Å². The summed E-state index contributed by atoms with van der Waals surface area (Å²) >= 11 is 1.31. The van der Waals surface area contributed by atoms with E-state index in [0.29, 0.717) is 16.1 Å². The maximum absolute atomic E-state index is 13.5. The van der Waals surface area contributed by atoms with Crippen molar-refractivity contribution in [2.24, 2.45) is 0 Å². The highest BCUT2D eigenvalue weighted by Crippen LogP contribution is 2.40. The summed E-state index contributed by atoms with van der Waals surface area (Å²) in [5, 5.41) is 16.6. The fraction of sp³-hybridized carbons (Fsp3) is 0.333. The number of hydrogen-bond donors (Lipinski definition) is 1. The Morgan fingerprint density at radius 1 is 1.07 bits per heavy atom. The lowest BCUT2D eigenvalue weighted by Crippen LogP contribution is -2.05. The standard InChI is InChI=1S/C18H17FN6S2/c19-27-25-17(22-18(24-25)26-15-8-3-9-20-23-15)21-16-13-6-1-4-11(13)10-12-5-2-7-14(12)16/h3,8-10H,1-2,4-7H2,(H,21,22,24). The zero-order valence-corrected chi connectivity index (χ0v) is 16.1. The molecule has 0 amide bonds. The van der Waals surface area contributed by atoms with Crippen LogP contribution in [0.3, 0.4) is 0 Å². The Labute approximate surface area is 164 Å². The molecule has 2 aliphatic carbocycles. The molecule has 0 fully saturated rings. The summed E-state index contributed by atoms with van der Waals surface area (Å²) in [7, 11) is 0. The predicted molar refractivity (Wildman–Crippen MR) is 104 cm³/mol. The minimum atomic E-state index is 0.0438. The molecule has 0 bridgehead atoms. The molecule has 2 aliphatic rings. The van der Waals surface area contributed by atoms with Crippen LogP contribution in [0, 0.1) is 0 Å². The largest absolute Gasteiger partial charge is 0.323 e. The van der Waals surface area contributed by atoms with Crippen LogP contribution in [-0.4, -0.2) is 24.4 Å². The number of anilines is 2. The summed E-state index contributed by atoms with van der Waals surface area (Å²) in [6.07, 6.45) is 8.31. The van der Waals surface area contributed by atoms with E-state index in [2.05, 4.69) is 31.7 Å². The van der Waals surface area contributed by atoms with E-state index in [9.17, 15) is 3.89 Å². The summed E-state index contributed by atoms with van der Waals surface area (Å²) in [6.45, 7) is 0. The molecule has 1 N–H and O–H groups in total. The summed E-state index contributed by atoms with van der Waals surface area (Å²) in [5.41, 5.74) is 6.68. The van der Waals surface area contributed by atoms with Crippen molar-refractivity contribution in [3.8, 4) is 0 Å². The highest BCUT2D eigenvalue weighted by Gasteiger charge is 2.25. The molecular weight excluding hydrogens is 383 g/mol. The molecule has 138 valence electrons. The van der Waals surface area contributed by atoms with Gasteiger partial charge in [0.15, 0.2) is 12.3 Å². The molecule has 27 heavy (non-hydrogen) atoms. The average molecular weight is 401 g/mol. The Hall–Kier alpha value is -2.13. The van der Waals surface area contributed by atoms with Crippen molar-refractivity contribution in [2.75, 3.05) is 5.32 Å². The van der Waals surface area contributed by atoms with Crippen molar-refractivity contribution in [2.45, 2.75) is 48.7 Å². The fourth-order valence-corrected chi connectivity index (χ4v) is 4.95. The zero-order chi connectivity index (χ0) is 18.2. The topological polar surface area (TPSA) is 68.5 Å². The normalized spacial score (nSPS) is 15.0. The smallest absolute Gasteiger partial charge is 0.239 e. The molecule has 0 spiro atoms. The number of benzene rings is 1. The molecule has 3 aromatic rings. The van der Waals surface area contributed by atoms with Gasteiger partial charge in [0, 0.05) is 11.9 Å². The van der Waals surface area contributed by atoms with Gasteiger partial charge in [-0.25, -0.2) is 0 Å². The van der Waals surface area contributed by atoms with Gasteiger partial charge in [0.05, 0.1) is 0 Å². The third kappa shape index (κ3) is 3.19. The molecule has 0 unspecified atom stereocenters. The number of fused-ring (bicyclic) bond motifs is 2. The molecule has 9 heteroatoms. The maximum atomic E-state index is 13.5. The molecule has 1 aromatic carbocycles. The van der Waals surface area contributed by atoms with E-state index in [-0.39, 0.29) is 12.3 Å². The van der Waals surface area contributed by atoms with Gasteiger partial charge >= 0.3 is 0 Å². The quantitative estimate of drug-likeness (QED) is 0.684. The first-order valence-corrected chi connectivity index (χ1v) is 10.5. The molecule has 2 aromatic heterocycles. The van der Waals surface area contributed by atoms with Crippen molar-refractivity contribution in [1.29, 1.82) is 0 Å². The van der Waals surface area contributed by atoms with Gasteiger partial charge in [-0.05, 0) is 84.7 Å². The number of nitrogens with zero attached hydrogens (tertiary/aromatic N) is 5. The summed E-state index contributed by atoms with van der Waals surface area (Å²) in [5.74, 6) is 0.406. The van der Waals surface area contributed by atoms with E-state index in [1.54, 1.807) is 12.3 Å². The van der Waals surface area contributed by atoms with Gasteiger partial charge in [0.25, 0.3) is 0 Å². The second kappa shape index (κ2) is 7.12. The van der Waals surface area contributed by atoms with E-state index in [1.807, 2.05) is 6.07 Å². The molecule has 0 atom stereocenters. The van der Waals surface area contributed by atoms with E-state index in [0.717, 1.165) is 31.4 Å². The Balaban J connectivity index is 1.50. The van der Waals surface area contributed by atoms with Gasteiger partial charge in [-0.3, -0.25) is 0 Å². The van der Waals surface area contributed by atoms with Crippen molar-refractivity contribution < 1.29 is 3.89 Å². The van der Waals surface area contributed by atoms with Gasteiger partial charge in [0.1, 0.15) is 5.03 Å². The van der Waals surface area contributed by atoms with Crippen LogP contribution in [0.5, 0.6) is 0 Å². The van der Waals surface area contributed by atoms with Crippen LogP contribution in [0.4, 0.5) is 15.5 Å². The van der Waals surface area contributed by atoms with Crippen LogP contribution in [0.1, 0.15) is 35.1 Å². The highest BCUT2D eigenvalue weighted by atomic mass is 32.2. The van der Waals surface area contributed by atoms with Gasteiger partial charge in [0.2, 0.25) is 11.1 Å². The van der Waals surface area contributed by atoms with Gasteiger partial charge in [-0.2, -0.15) is 10.1 Å². The Morgan fingerprint density at radius 2 is 1.85 bits per heavy atom. The maximum Gasteiger partial charge on any atom is 0.239 e. The zero-order valence-electron chi connectivity index (χ0n) is 14.5. The number of aromatic nitrogens is 5. The predicted octanol–water partition coefficient (Wildman–Crippen LogP) is 4.32. The van der Waals surface area contributed by atoms with Gasteiger partial charge in [-0.15, -0.1) is 18.2 Å². The van der Waals surface area contributed by atoms with E-state index in [4.69, 9.17) is 0 Å². The van der Waals surface area contributed by atoms with Crippen molar-refractivity contribution in [1.82, 2.24) is 24.4 Å². The molecule has 0 saturated heterocycles. The average Bonchev–Trinajstić information content (AvgIpc) is 3.41. The first-order valence-electron chi connectivity index (χ1n) is 8.97. The Kier molecular flexibility index (Phi) is 4.48. The molecule has 0 aliphatic heterocycles. The third-order valence-electron chi connectivity index (χ3n) is 5.08. The number of nitrogens with one attached hydrogen (secondary N) is 1. The van der Waals surface area contributed by atoms with Crippen molar-refractivity contribution in [3.05, 3.63) is 46.6 Å². The lowest BCUT2D eigenvalue weighted by molar-refractivity contribution is 0.854. The van der Waals surface area contributed by atoms with Gasteiger partial charge in [-0.1, -0.05) is 6.07 Å². The molecule has 0 saturated carbocycles. The monoisotopic (exact) mass is 400 g/mol. The molecule has 2 heterocycles. The summed E-state index contributed by atoms with van der Waals surface area (Å²) in [4.78, 5) is 4.50. The minimum Gasteiger partial charge on any atom is -0.323 e.